The molecule has 1 N–H and O–H groups in total. The molecule has 1 aromatic heterocycles. The van der Waals surface area contributed by atoms with Crippen LogP contribution >= 0.6 is 0 Å². The number of carbonyl (C=O) groups excluding carboxylic acids is 1. The van der Waals surface area contributed by atoms with Gasteiger partial charge in [-0.25, -0.2) is 18.0 Å². The topological polar surface area (TPSA) is 51.2 Å². The Morgan fingerprint density at radius 2 is 2.19 bits per heavy atom. The van der Waals surface area contributed by atoms with E-state index in [-0.39, 0.29) is 23.2 Å². The highest BCUT2D eigenvalue weighted by Crippen LogP contribution is 2.27. The average molecular weight is 298 g/mol. The molecule has 0 aliphatic heterocycles. The summed E-state index contributed by atoms with van der Waals surface area (Å²) in [6.07, 6.45) is -1.39. The number of nitrogens with one attached hydrogen (secondary N) is 1. The van der Waals surface area contributed by atoms with Gasteiger partial charge in [0.15, 0.2) is 0 Å². The number of nitrogens with zero attached hydrogens (tertiary/aromatic N) is 1. The van der Waals surface area contributed by atoms with Crippen LogP contribution in [-0.4, -0.2) is 30.5 Å². The molecule has 1 heterocycles. The first kappa shape index (κ1) is 15.1. The average Bonchev–Trinajstić information content (AvgIpc) is 2.44. The first-order valence-corrected chi connectivity index (χ1v) is 6.30. The number of rotatable bonds is 5. The normalized spacial score (nSPS) is 10.9. The van der Waals surface area contributed by atoms with Gasteiger partial charge in [-0.15, -0.1) is 0 Å². The Bertz CT molecular complexity index is 662. The van der Waals surface area contributed by atoms with Gasteiger partial charge in [-0.1, -0.05) is 0 Å². The molecule has 0 bridgehead atoms. The third-order valence-corrected chi connectivity index (χ3v) is 2.76. The smallest absolute Gasteiger partial charge is 0.341 e. The van der Waals surface area contributed by atoms with E-state index in [0.717, 1.165) is 6.07 Å². The summed E-state index contributed by atoms with van der Waals surface area (Å²) in [7, 11) is 0. The van der Waals surface area contributed by atoms with Gasteiger partial charge in [0.05, 0.1) is 24.4 Å². The van der Waals surface area contributed by atoms with Crippen LogP contribution in [0.4, 0.5) is 18.9 Å². The van der Waals surface area contributed by atoms with Crippen LogP contribution < -0.4 is 5.32 Å². The zero-order valence-electron chi connectivity index (χ0n) is 11.2. The SMILES string of the molecule is CCOC(=O)c1cnc2ccc(F)cc2c1NCC(F)F. The van der Waals surface area contributed by atoms with Gasteiger partial charge in [0.2, 0.25) is 0 Å². The number of anilines is 1. The molecule has 1 aromatic carbocycles. The zero-order valence-corrected chi connectivity index (χ0v) is 11.2. The minimum atomic E-state index is -2.61. The van der Waals surface area contributed by atoms with E-state index in [1.54, 1.807) is 6.92 Å². The number of ether oxygens (including phenoxy) is 1. The molecule has 4 nitrogen and oxygen atoms in total. The van der Waals surface area contributed by atoms with E-state index in [0.29, 0.717) is 5.52 Å². The number of aromatic nitrogens is 1. The fourth-order valence-electron chi connectivity index (χ4n) is 1.90. The number of carbonyl (C=O) groups is 1. The number of halogens is 3. The van der Waals surface area contributed by atoms with Crippen LogP contribution in [0.3, 0.4) is 0 Å². The van der Waals surface area contributed by atoms with Crippen molar-refractivity contribution in [3.05, 3.63) is 35.8 Å². The van der Waals surface area contributed by atoms with Crippen molar-refractivity contribution in [2.24, 2.45) is 0 Å². The Morgan fingerprint density at radius 3 is 2.86 bits per heavy atom. The van der Waals surface area contributed by atoms with Crippen molar-refractivity contribution < 1.29 is 22.7 Å². The molecule has 7 heteroatoms. The van der Waals surface area contributed by atoms with Gasteiger partial charge in [0.25, 0.3) is 6.43 Å². The molecular formula is C14H13F3N2O2. The minimum Gasteiger partial charge on any atom is -0.462 e. The van der Waals surface area contributed by atoms with Gasteiger partial charge in [0.1, 0.15) is 11.4 Å². The summed E-state index contributed by atoms with van der Waals surface area (Å²) in [5.41, 5.74) is 0.482. The second kappa shape index (κ2) is 6.43. The Balaban J connectivity index is 2.55. The maximum absolute atomic E-state index is 13.4. The van der Waals surface area contributed by atoms with Crippen molar-refractivity contribution in [2.75, 3.05) is 18.5 Å². The molecule has 0 spiro atoms. The summed E-state index contributed by atoms with van der Waals surface area (Å²) < 4.78 is 43.1. The molecule has 0 atom stereocenters. The number of fused-ring (bicyclic) bond motifs is 1. The Labute approximate surface area is 118 Å². The van der Waals surface area contributed by atoms with Crippen molar-refractivity contribution in [1.82, 2.24) is 4.98 Å². The van der Waals surface area contributed by atoms with Gasteiger partial charge in [-0.3, -0.25) is 4.98 Å². The van der Waals surface area contributed by atoms with Gasteiger partial charge < -0.3 is 10.1 Å². The minimum absolute atomic E-state index is 0.00407. The van der Waals surface area contributed by atoms with Crippen LogP contribution in [0.25, 0.3) is 10.9 Å². The number of benzene rings is 1. The van der Waals surface area contributed by atoms with Crippen molar-refractivity contribution in [3.8, 4) is 0 Å². The molecule has 0 fully saturated rings. The largest absolute Gasteiger partial charge is 0.462 e. The molecule has 0 amide bonds. The molecule has 112 valence electrons. The standard InChI is InChI=1S/C14H13F3N2O2/c1-2-21-14(20)10-6-18-11-4-3-8(15)5-9(11)13(10)19-7-12(16)17/h3-6,12H,2,7H2,1H3,(H,18,19). The second-order valence-electron chi connectivity index (χ2n) is 4.20. The predicted molar refractivity (Wildman–Crippen MR) is 72.2 cm³/mol. The van der Waals surface area contributed by atoms with Crippen molar-refractivity contribution >= 4 is 22.6 Å². The third-order valence-electron chi connectivity index (χ3n) is 2.76. The van der Waals surface area contributed by atoms with Crippen LogP contribution in [0.15, 0.2) is 24.4 Å². The number of alkyl halides is 2. The zero-order chi connectivity index (χ0) is 15.4. The monoisotopic (exact) mass is 298 g/mol. The fraction of sp³-hybridized carbons (Fsp3) is 0.286. The molecule has 0 aliphatic rings. The van der Waals surface area contributed by atoms with Crippen molar-refractivity contribution in [1.29, 1.82) is 0 Å². The van der Waals surface area contributed by atoms with Crippen LogP contribution in [0, 0.1) is 5.82 Å². The molecule has 0 saturated carbocycles. The fourth-order valence-corrected chi connectivity index (χ4v) is 1.90. The summed E-state index contributed by atoms with van der Waals surface area (Å²) in [4.78, 5) is 15.9. The summed E-state index contributed by atoms with van der Waals surface area (Å²) in [6, 6.07) is 3.75. The molecule has 2 aromatic rings. The first-order valence-electron chi connectivity index (χ1n) is 6.30. The van der Waals surface area contributed by atoms with E-state index in [1.165, 1.54) is 18.3 Å². The van der Waals surface area contributed by atoms with Crippen molar-refractivity contribution in [3.63, 3.8) is 0 Å². The molecule has 2 rings (SSSR count). The third kappa shape index (κ3) is 3.42. The van der Waals surface area contributed by atoms with Gasteiger partial charge in [-0.05, 0) is 25.1 Å². The molecule has 0 radical (unpaired) electrons. The van der Waals surface area contributed by atoms with Crippen LogP contribution in [0.5, 0.6) is 0 Å². The maximum atomic E-state index is 13.4. The highest BCUT2D eigenvalue weighted by Gasteiger charge is 2.18. The molecule has 0 saturated heterocycles. The summed E-state index contributed by atoms with van der Waals surface area (Å²) in [5, 5.41) is 2.72. The summed E-state index contributed by atoms with van der Waals surface area (Å²) >= 11 is 0. The Hall–Kier alpha value is -2.31. The second-order valence-corrected chi connectivity index (χ2v) is 4.20. The highest BCUT2D eigenvalue weighted by atomic mass is 19.3. The van der Waals surface area contributed by atoms with Gasteiger partial charge in [0, 0.05) is 11.6 Å². The highest BCUT2D eigenvalue weighted by molar-refractivity contribution is 6.04. The summed E-state index contributed by atoms with van der Waals surface area (Å²) in [6.45, 7) is 1.09. The number of pyridine rings is 1. The molecular weight excluding hydrogens is 285 g/mol. The van der Waals surface area contributed by atoms with Crippen LogP contribution in [0.2, 0.25) is 0 Å². The van der Waals surface area contributed by atoms with Crippen molar-refractivity contribution in [2.45, 2.75) is 13.3 Å². The molecule has 0 aliphatic carbocycles. The van der Waals surface area contributed by atoms with E-state index in [4.69, 9.17) is 4.74 Å². The molecule has 0 unspecified atom stereocenters. The van der Waals surface area contributed by atoms with Crippen LogP contribution in [-0.2, 0) is 4.74 Å². The number of esters is 1. The lowest BCUT2D eigenvalue weighted by Crippen LogP contribution is -2.15. The summed E-state index contributed by atoms with van der Waals surface area (Å²) in [5.74, 6) is -1.25. The van der Waals surface area contributed by atoms with E-state index in [9.17, 15) is 18.0 Å². The van der Waals surface area contributed by atoms with E-state index < -0.39 is 24.8 Å². The number of hydrogen-bond donors (Lipinski definition) is 1. The molecule has 21 heavy (non-hydrogen) atoms. The first-order chi connectivity index (χ1) is 10.0. The predicted octanol–water partition coefficient (Wildman–Crippen LogP) is 3.23. The van der Waals surface area contributed by atoms with Gasteiger partial charge in [-0.2, -0.15) is 0 Å². The van der Waals surface area contributed by atoms with E-state index in [2.05, 4.69) is 10.3 Å². The number of hydrogen-bond acceptors (Lipinski definition) is 4. The Kier molecular flexibility index (Phi) is 4.62. The lowest BCUT2D eigenvalue weighted by atomic mass is 10.1. The van der Waals surface area contributed by atoms with Gasteiger partial charge >= 0.3 is 5.97 Å². The Morgan fingerprint density at radius 1 is 1.43 bits per heavy atom. The van der Waals surface area contributed by atoms with Crippen LogP contribution in [0.1, 0.15) is 17.3 Å². The lowest BCUT2D eigenvalue weighted by Gasteiger charge is -2.13. The lowest BCUT2D eigenvalue weighted by molar-refractivity contribution is 0.0527. The quantitative estimate of drug-likeness (QED) is 0.861. The van der Waals surface area contributed by atoms with E-state index >= 15 is 0 Å². The van der Waals surface area contributed by atoms with E-state index in [1.807, 2.05) is 0 Å². The maximum Gasteiger partial charge on any atom is 0.341 e.